The fraction of sp³-hybridized carbons (Fsp3) is 0.818. The molecule has 1 aliphatic heterocycles. The summed E-state index contributed by atoms with van der Waals surface area (Å²) in [5, 5.41) is 3.17. The van der Waals surface area contributed by atoms with Crippen molar-refractivity contribution in [3.63, 3.8) is 0 Å². The minimum atomic E-state index is 0.743. The molecule has 2 heteroatoms. The van der Waals surface area contributed by atoms with Crippen LogP contribution in [0.25, 0.3) is 0 Å². The summed E-state index contributed by atoms with van der Waals surface area (Å²) in [6.07, 6.45) is 3.81. The van der Waals surface area contributed by atoms with Crippen LogP contribution in [0.15, 0.2) is 12.2 Å². The highest BCUT2D eigenvalue weighted by atomic mass is 15.1. The fourth-order valence-corrected chi connectivity index (χ4v) is 1.99. The molecule has 0 radical (unpaired) electrons. The summed E-state index contributed by atoms with van der Waals surface area (Å²) in [4.78, 5) is 2.42. The third-order valence-electron chi connectivity index (χ3n) is 2.90. The van der Waals surface area contributed by atoms with Crippen LogP contribution in [0.1, 0.15) is 19.3 Å². The molecule has 1 saturated heterocycles. The van der Waals surface area contributed by atoms with Crippen LogP contribution in [0.3, 0.4) is 0 Å². The summed E-state index contributed by atoms with van der Waals surface area (Å²) in [6, 6.07) is 0. The minimum absolute atomic E-state index is 0.743. The molecule has 1 atom stereocenters. The first-order valence-corrected chi connectivity index (χ1v) is 5.25. The van der Waals surface area contributed by atoms with Gasteiger partial charge in [0.15, 0.2) is 0 Å². The van der Waals surface area contributed by atoms with Crippen LogP contribution in [0, 0.1) is 5.92 Å². The Morgan fingerprint density at radius 2 is 2.38 bits per heavy atom. The Hall–Kier alpha value is -0.340. The lowest BCUT2D eigenvalue weighted by Crippen LogP contribution is -2.33. The van der Waals surface area contributed by atoms with E-state index in [9.17, 15) is 0 Å². The Bertz CT molecular complexity index is 165. The van der Waals surface area contributed by atoms with Gasteiger partial charge in [0.1, 0.15) is 0 Å². The molecule has 1 unspecified atom stereocenters. The Balaban J connectivity index is 2.28. The molecule has 1 N–H and O–H groups in total. The number of rotatable bonds is 4. The van der Waals surface area contributed by atoms with Crippen molar-refractivity contribution in [1.82, 2.24) is 10.2 Å². The lowest BCUT2D eigenvalue weighted by Gasteiger charge is -2.31. The molecular weight excluding hydrogens is 160 g/mol. The van der Waals surface area contributed by atoms with Crippen molar-refractivity contribution in [3.05, 3.63) is 12.2 Å². The predicted molar refractivity (Wildman–Crippen MR) is 57.9 cm³/mol. The van der Waals surface area contributed by atoms with Crippen molar-refractivity contribution < 1.29 is 0 Å². The van der Waals surface area contributed by atoms with Crippen molar-refractivity contribution in [1.29, 1.82) is 0 Å². The second kappa shape index (κ2) is 5.40. The minimum Gasteiger partial charge on any atom is -0.319 e. The molecule has 0 aromatic rings. The van der Waals surface area contributed by atoms with Gasteiger partial charge in [-0.25, -0.2) is 0 Å². The molecule has 1 rings (SSSR count). The third-order valence-corrected chi connectivity index (χ3v) is 2.90. The Morgan fingerprint density at radius 1 is 1.62 bits per heavy atom. The molecule has 0 spiro atoms. The summed E-state index contributed by atoms with van der Waals surface area (Å²) in [5.41, 5.74) is 1.43. The van der Waals surface area contributed by atoms with Gasteiger partial charge in [0, 0.05) is 6.54 Å². The summed E-state index contributed by atoms with van der Waals surface area (Å²) in [6.45, 7) is 7.72. The fourth-order valence-electron chi connectivity index (χ4n) is 1.99. The van der Waals surface area contributed by atoms with Gasteiger partial charge in [-0.2, -0.15) is 0 Å². The van der Waals surface area contributed by atoms with E-state index in [1.807, 2.05) is 7.05 Å². The maximum Gasteiger partial charge on any atom is 0.00439 e. The van der Waals surface area contributed by atoms with Gasteiger partial charge in [-0.3, -0.25) is 0 Å². The zero-order valence-electron chi connectivity index (χ0n) is 8.97. The Labute approximate surface area is 82.0 Å². The molecule has 13 heavy (non-hydrogen) atoms. The van der Waals surface area contributed by atoms with Crippen molar-refractivity contribution in [2.45, 2.75) is 19.3 Å². The molecule has 0 saturated carbocycles. The van der Waals surface area contributed by atoms with Gasteiger partial charge in [0.05, 0.1) is 0 Å². The molecule has 0 amide bonds. The quantitative estimate of drug-likeness (QED) is 0.663. The lowest BCUT2D eigenvalue weighted by molar-refractivity contribution is 0.228. The summed E-state index contributed by atoms with van der Waals surface area (Å²) < 4.78 is 0. The molecule has 1 heterocycles. The van der Waals surface area contributed by atoms with Crippen LogP contribution in [-0.2, 0) is 0 Å². The van der Waals surface area contributed by atoms with Crippen LogP contribution in [0.2, 0.25) is 0 Å². The van der Waals surface area contributed by atoms with Crippen LogP contribution in [-0.4, -0.2) is 38.6 Å². The van der Waals surface area contributed by atoms with Gasteiger partial charge in [0.2, 0.25) is 0 Å². The number of hydrogen-bond donors (Lipinski definition) is 1. The zero-order valence-corrected chi connectivity index (χ0v) is 8.97. The smallest absolute Gasteiger partial charge is 0.00439 e. The monoisotopic (exact) mass is 182 g/mol. The largest absolute Gasteiger partial charge is 0.319 e. The highest BCUT2D eigenvalue weighted by molar-refractivity contribution is 5.03. The van der Waals surface area contributed by atoms with Gasteiger partial charge >= 0.3 is 0 Å². The first-order valence-electron chi connectivity index (χ1n) is 5.25. The first kappa shape index (κ1) is 10.7. The molecule has 1 aliphatic rings. The standard InChI is InChI=1S/C11H22N2/c1-10(6-7-12-2)11-5-4-8-13(3)9-11/h11-12H,1,4-9H2,2-3H3. The highest BCUT2D eigenvalue weighted by Gasteiger charge is 2.18. The third kappa shape index (κ3) is 3.49. The predicted octanol–water partition coefficient (Wildman–Crippen LogP) is 1.49. The molecule has 0 bridgehead atoms. The van der Waals surface area contributed by atoms with E-state index in [2.05, 4.69) is 23.8 Å². The van der Waals surface area contributed by atoms with Crippen molar-refractivity contribution in [2.75, 3.05) is 33.7 Å². The second-order valence-corrected chi connectivity index (χ2v) is 4.11. The Kier molecular flexibility index (Phi) is 4.46. The van der Waals surface area contributed by atoms with E-state index >= 15 is 0 Å². The number of piperidine rings is 1. The molecular formula is C11H22N2. The second-order valence-electron chi connectivity index (χ2n) is 4.11. The van der Waals surface area contributed by atoms with E-state index in [-0.39, 0.29) is 0 Å². The van der Waals surface area contributed by atoms with E-state index in [0.717, 1.165) is 18.9 Å². The maximum absolute atomic E-state index is 4.18. The van der Waals surface area contributed by atoms with Gasteiger partial charge in [-0.15, -0.1) is 0 Å². The number of hydrogen-bond acceptors (Lipinski definition) is 2. The number of nitrogens with one attached hydrogen (secondary N) is 1. The molecule has 0 aliphatic carbocycles. The molecule has 1 fully saturated rings. The average molecular weight is 182 g/mol. The van der Waals surface area contributed by atoms with E-state index < -0.39 is 0 Å². The topological polar surface area (TPSA) is 15.3 Å². The summed E-state index contributed by atoms with van der Waals surface area (Å²) in [7, 11) is 4.21. The first-order chi connectivity index (χ1) is 6.24. The van der Waals surface area contributed by atoms with E-state index in [1.54, 1.807) is 0 Å². The zero-order chi connectivity index (χ0) is 9.68. The Morgan fingerprint density at radius 3 is 3.00 bits per heavy atom. The van der Waals surface area contributed by atoms with E-state index in [0.29, 0.717) is 0 Å². The van der Waals surface area contributed by atoms with Crippen LogP contribution >= 0.6 is 0 Å². The lowest BCUT2D eigenvalue weighted by atomic mass is 9.90. The van der Waals surface area contributed by atoms with Crippen molar-refractivity contribution in [3.8, 4) is 0 Å². The van der Waals surface area contributed by atoms with Gasteiger partial charge in [-0.1, -0.05) is 12.2 Å². The molecule has 76 valence electrons. The number of nitrogens with zero attached hydrogens (tertiary/aromatic N) is 1. The van der Waals surface area contributed by atoms with Crippen molar-refractivity contribution >= 4 is 0 Å². The normalized spacial score (nSPS) is 24.6. The number of likely N-dealkylation sites (tertiary alicyclic amines) is 1. The van der Waals surface area contributed by atoms with Crippen LogP contribution in [0.4, 0.5) is 0 Å². The molecule has 0 aromatic heterocycles. The van der Waals surface area contributed by atoms with Crippen LogP contribution in [0.5, 0.6) is 0 Å². The van der Waals surface area contributed by atoms with Gasteiger partial charge in [0.25, 0.3) is 0 Å². The van der Waals surface area contributed by atoms with Crippen molar-refractivity contribution in [2.24, 2.45) is 5.92 Å². The molecule has 0 aromatic carbocycles. The SMILES string of the molecule is C=C(CCNC)C1CCCN(C)C1. The van der Waals surface area contributed by atoms with Crippen LogP contribution < -0.4 is 5.32 Å². The highest BCUT2D eigenvalue weighted by Crippen LogP contribution is 2.23. The summed E-state index contributed by atoms with van der Waals surface area (Å²) in [5.74, 6) is 0.743. The summed E-state index contributed by atoms with van der Waals surface area (Å²) >= 11 is 0. The average Bonchev–Trinajstić information content (AvgIpc) is 2.14. The van der Waals surface area contributed by atoms with Gasteiger partial charge in [-0.05, 0) is 52.4 Å². The molecule has 2 nitrogen and oxygen atoms in total. The van der Waals surface area contributed by atoms with E-state index in [1.165, 1.54) is 31.5 Å². The van der Waals surface area contributed by atoms with E-state index in [4.69, 9.17) is 0 Å². The van der Waals surface area contributed by atoms with Gasteiger partial charge < -0.3 is 10.2 Å². The maximum atomic E-state index is 4.18.